The number of anilines is 1. The highest BCUT2D eigenvalue weighted by Gasteiger charge is 2.15. The Kier molecular flexibility index (Phi) is 4.02. The quantitative estimate of drug-likeness (QED) is 0.745. The van der Waals surface area contributed by atoms with E-state index in [1.54, 1.807) is 12.1 Å². The first-order valence-electron chi connectivity index (χ1n) is 7.74. The van der Waals surface area contributed by atoms with E-state index >= 15 is 0 Å². The predicted molar refractivity (Wildman–Crippen MR) is 95.3 cm³/mol. The van der Waals surface area contributed by atoms with Crippen LogP contribution in [0.1, 0.15) is 18.1 Å². The molecule has 3 rings (SSSR count). The van der Waals surface area contributed by atoms with Gasteiger partial charge in [0.1, 0.15) is 11.6 Å². The van der Waals surface area contributed by atoms with E-state index in [0.717, 1.165) is 28.7 Å². The van der Waals surface area contributed by atoms with Crippen LogP contribution in [0.3, 0.4) is 0 Å². The monoisotopic (exact) mass is 304 g/mol. The third-order valence-corrected chi connectivity index (χ3v) is 4.05. The van der Waals surface area contributed by atoms with Crippen molar-refractivity contribution in [1.29, 1.82) is 0 Å². The Morgan fingerprint density at radius 3 is 2.43 bits per heavy atom. The molecule has 0 atom stereocenters. The zero-order valence-electron chi connectivity index (χ0n) is 13.4. The highest BCUT2D eigenvalue weighted by atomic mass is 16.3. The molecule has 0 spiro atoms. The number of hydrogen-bond donors (Lipinski definition) is 2. The molecule has 0 radical (unpaired) electrons. The van der Waals surface area contributed by atoms with Gasteiger partial charge >= 0.3 is 0 Å². The molecule has 1 aromatic heterocycles. The van der Waals surface area contributed by atoms with Crippen molar-refractivity contribution in [3.63, 3.8) is 0 Å². The minimum Gasteiger partial charge on any atom is -0.508 e. The van der Waals surface area contributed by atoms with Crippen molar-refractivity contribution in [2.75, 3.05) is 5.73 Å². The summed E-state index contributed by atoms with van der Waals surface area (Å²) in [5.74, 6) is 0.809. The summed E-state index contributed by atoms with van der Waals surface area (Å²) in [7, 11) is 0. The molecule has 0 unspecified atom stereocenters. The lowest BCUT2D eigenvalue weighted by atomic mass is 9.91. The molecule has 0 aliphatic rings. The van der Waals surface area contributed by atoms with Crippen molar-refractivity contribution in [1.82, 2.24) is 4.98 Å². The Morgan fingerprint density at radius 2 is 1.78 bits per heavy atom. The Bertz CT molecular complexity index is 839. The van der Waals surface area contributed by atoms with Crippen molar-refractivity contribution in [3.05, 3.63) is 65.9 Å². The molecule has 1 heterocycles. The van der Waals surface area contributed by atoms with E-state index in [4.69, 9.17) is 5.73 Å². The number of benzene rings is 2. The molecular weight excluding hydrogens is 284 g/mol. The summed E-state index contributed by atoms with van der Waals surface area (Å²) in [5.41, 5.74) is 12.7. The minimum absolute atomic E-state index is 0.258. The van der Waals surface area contributed by atoms with Crippen LogP contribution in [0.4, 0.5) is 5.82 Å². The Morgan fingerprint density at radius 1 is 1.04 bits per heavy atom. The SMILES string of the molecule is CCc1c(-c2ccc(O)cc2)cnc(N)c1-c1cccc(C)c1. The molecular formula is C20H20N2O. The van der Waals surface area contributed by atoms with Crippen molar-refractivity contribution in [2.24, 2.45) is 0 Å². The standard InChI is InChI=1S/C20H20N2O/c1-3-17-18(14-7-9-16(23)10-8-14)12-22-20(21)19(17)15-6-4-5-13(2)11-15/h4-12,23H,3H2,1-2H3,(H2,21,22). The molecule has 3 aromatic rings. The number of hydrogen-bond acceptors (Lipinski definition) is 3. The Labute approximate surface area is 136 Å². The number of aromatic nitrogens is 1. The molecule has 2 aromatic carbocycles. The van der Waals surface area contributed by atoms with E-state index in [2.05, 4.69) is 37.0 Å². The fraction of sp³-hybridized carbons (Fsp3) is 0.150. The van der Waals surface area contributed by atoms with E-state index in [9.17, 15) is 5.11 Å². The number of phenolic OH excluding ortho intramolecular Hbond substituents is 1. The highest BCUT2D eigenvalue weighted by molar-refractivity contribution is 5.84. The van der Waals surface area contributed by atoms with Gasteiger partial charge in [0.2, 0.25) is 0 Å². The largest absolute Gasteiger partial charge is 0.508 e. The molecule has 0 amide bonds. The minimum atomic E-state index is 0.258. The molecule has 3 heteroatoms. The molecule has 0 bridgehead atoms. The summed E-state index contributed by atoms with van der Waals surface area (Å²) in [4.78, 5) is 4.41. The molecule has 0 aliphatic heterocycles. The van der Waals surface area contributed by atoms with Gasteiger partial charge in [-0.15, -0.1) is 0 Å². The fourth-order valence-electron chi connectivity index (χ4n) is 2.95. The average Bonchev–Trinajstić information content (AvgIpc) is 2.55. The zero-order valence-corrected chi connectivity index (χ0v) is 13.4. The third kappa shape index (κ3) is 2.90. The lowest BCUT2D eigenvalue weighted by Gasteiger charge is -2.16. The Balaban J connectivity index is 2.24. The van der Waals surface area contributed by atoms with Crippen molar-refractivity contribution < 1.29 is 5.11 Å². The Hall–Kier alpha value is -2.81. The van der Waals surface area contributed by atoms with Gasteiger partial charge in [0.05, 0.1) is 0 Å². The zero-order chi connectivity index (χ0) is 16.4. The van der Waals surface area contributed by atoms with Crippen LogP contribution in [0.5, 0.6) is 5.75 Å². The normalized spacial score (nSPS) is 10.7. The smallest absolute Gasteiger partial charge is 0.131 e. The molecule has 0 fully saturated rings. The number of nitrogens with two attached hydrogens (primary N) is 1. The second-order valence-electron chi connectivity index (χ2n) is 5.68. The first kappa shape index (κ1) is 15.1. The van der Waals surface area contributed by atoms with E-state index in [0.29, 0.717) is 5.82 Å². The average molecular weight is 304 g/mol. The van der Waals surface area contributed by atoms with Gasteiger partial charge in [-0.25, -0.2) is 4.98 Å². The molecule has 0 saturated carbocycles. The first-order valence-corrected chi connectivity index (χ1v) is 7.74. The van der Waals surface area contributed by atoms with Crippen molar-refractivity contribution >= 4 is 5.82 Å². The fourth-order valence-corrected chi connectivity index (χ4v) is 2.95. The number of nitrogen functional groups attached to an aromatic ring is 1. The topological polar surface area (TPSA) is 59.1 Å². The molecule has 0 saturated heterocycles. The van der Waals surface area contributed by atoms with Crippen LogP contribution in [0.25, 0.3) is 22.3 Å². The second kappa shape index (κ2) is 6.13. The lowest BCUT2D eigenvalue weighted by molar-refractivity contribution is 0.475. The van der Waals surface area contributed by atoms with Crippen LogP contribution in [0, 0.1) is 6.92 Å². The number of pyridine rings is 1. The van der Waals surface area contributed by atoms with Gasteiger partial charge in [0.15, 0.2) is 0 Å². The first-order chi connectivity index (χ1) is 11.1. The van der Waals surface area contributed by atoms with Gasteiger partial charge in [-0.3, -0.25) is 0 Å². The molecule has 3 nitrogen and oxygen atoms in total. The van der Waals surface area contributed by atoms with Gasteiger partial charge in [-0.2, -0.15) is 0 Å². The summed E-state index contributed by atoms with van der Waals surface area (Å²) in [6.07, 6.45) is 2.67. The van der Waals surface area contributed by atoms with Crippen molar-refractivity contribution in [2.45, 2.75) is 20.3 Å². The van der Waals surface area contributed by atoms with Gasteiger partial charge in [0, 0.05) is 17.3 Å². The molecule has 3 N–H and O–H groups in total. The number of nitrogens with zero attached hydrogens (tertiary/aromatic N) is 1. The maximum Gasteiger partial charge on any atom is 0.131 e. The van der Waals surface area contributed by atoms with E-state index in [-0.39, 0.29) is 5.75 Å². The van der Waals surface area contributed by atoms with Gasteiger partial charge in [-0.05, 0) is 42.2 Å². The van der Waals surface area contributed by atoms with Crippen LogP contribution in [0.2, 0.25) is 0 Å². The van der Waals surface area contributed by atoms with Crippen molar-refractivity contribution in [3.8, 4) is 28.0 Å². The summed E-state index contributed by atoms with van der Waals surface area (Å²) in [6, 6.07) is 15.5. The maximum absolute atomic E-state index is 9.50. The highest BCUT2D eigenvalue weighted by Crippen LogP contribution is 2.36. The number of aromatic hydroxyl groups is 1. The third-order valence-electron chi connectivity index (χ3n) is 4.05. The van der Waals surface area contributed by atoms with Crippen LogP contribution >= 0.6 is 0 Å². The van der Waals surface area contributed by atoms with E-state index < -0.39 is 0 Å². The summed E-state index contributed by atoms with van der Waals surface area (Å²) < 4.78 is 0. The summed E-state index contributed by atoms with van der Waals surface area (Å²) in [5, 5.41) is 9.50. The second-order valence-corrected chi connectivity index (χ2v) is 5.68. The molecule has 0 aliphatic carbocycles. The van der Waals surface area contributed by atoms with Gasteiger partial charge in [0.25, 0.3) is 0 Å². The number of rotatable bonds is 3. The molecule has 116 valence electrons. The van der Waals surface area contributed by atoms with Crippen LogP contribution in [-0.4, -0.2) is 10.1 Å². The van der Waals surface area contributed by atoms with Crippen LogP contribution < -0.4 is 5.73 Å². The van der Waals surface area contributed by atoms with E-state index in [1.807, 2.05) is 24.4 Å². The van der Waals surface area contributed by atoms with Gasteiger partial charge < -0.3 is 10.8 Å². The summed E-state index contributed by atoms with van der Waals surface area (Å²) in [6.45, 7) is 4.19. The van der Waals surface area contributed by atoms with Gasteiger partial charge in [-0.1, -0.05) is 48.9 Å². The summed E-state index contributed by atoms with van der Waals surface area (Å²) >= 11 is 0. The maximum atomic E-state index is 9.50. The van der Waals surface area contributed by atoms with E-state index in [1.165, 1.54) is 11.1 Å². The van der Waals surface area contributed by atoms with Crippen LogP contribution in [0.15, 0.2) is 54.7 Å². The predicted octanol–water partition coefficient (Wildman–Crippen LogP) is 4.57. The lowest BCUT2D eigenvalue weighted by Crippen LogP contribution is -2.01. The molecule has 23 heavy (non-hydrogen) atoms. The van der Waals surface area contributed by atoms with Crippen LogP contribution in [-0.2, 0) is 6.42 Å². The number of phenols is 1. The number of aryl methyl sites for hydroxylation is 1.